The van der Waals surface area contributed by atoms with Crippen molar-refractivity contribution < 1.29 is 18.3 Å². The number of hydrogen-bond acceptors (Lipinski definition) is 4. The van der Waals surface area contributed by atoms with Crippen molar-refractivity contribution in [1.82, 2.24) is 19.9 Å². The predicted molar refractivity (Wildman–Crippen MR) is 188 cm³/mol. The van der Waals surface area contributed by atoms with Gasteiger partial charge in [-0.15, -0.1) is 0 Å². The quantitative estimate of drug-likeness (QED) is 0.0941. The van der Waals surface area contributed by atoms with E-state index in [9.17, 15) is 8.78 Å². The average Bonchev–Trinajstić information content (AvgIpc) is 3.81. The Bertz CT molecular complexity index is 1620. The summed E-state index contributed by atoms with van der Waals surface area (Å²) in [5.41, 5.74) is 9.28. The van der Waals surface area contributed by atoms with E-state index in [-0.39, 0.29) is 84.7 Å². The summed E-state index contributed by atoms with van der Waals surface area (Å²) in [6.07, 6.45) is 12.6. The molecule has 10 heteroatoms. The summed E-state index contributed by atoms with van der Waals surface area (Å²) in [7, 11) is 0. The molecule has 5 heterocycles. The van der Waals surface area contributed by atoms with Gasteiger partial charge in [0.2, 0.25) is 0 Å². The van der Waals surface area contributed by atoms with E-state index < -0.39 is 0 Å². The van der Waals surface area contributed by atoms with E-state index in [1.165, 1.54) is 0 Å². The van der Waals surface area contributed by atoms with Gasteiger partial charge in [-0.25, -0.2) is 9.97 Å². The van der Waals surface area contributed by atoms with Crippen molar-refractivity contribution in [2.75, 3.05) is 26.6 Å². The van der Waals surface area contributed by atoms with Gasteiger partial charge in [0.15, 0.2) is 0 Å². The minimum Gasteiger partial charge on any atom is -0.374 e. The number of aromatic amines is 2. The Morgan fingerprint density at radius 2 is 1.22 bits per heavy atom. The number of rotatable bonds is 16. The van der Waals surface area contributed by atoms with Crippen molar-refractivity contribution >= 4 is 105 Å². The van der Waals surface area contributed by atoms with Crippen molar-refractivity contribution in [2.45, 2.75) is 77.4 Å². The van der Waals surface area contributed by atoms with Crippen LogP contribution in [-0.4, -0.2) is 112 Å². The van der Waals surface area contributed by atoms with E-state index in [0.29, 0.717) is 26.1 Å². The second-order valence-corrected chi connectivity index (χ2v) is 11.6. The molecule has 2 unspecified atom stereocenters. The summed E-state index contributed by atoms with van der Waals surface area (Å²) in [6, 6.07) is 14.4. The summed E-state index contributed by atoms with van der Waals surface area (Å²) in [4.78, 5) is 16.9. The van der Waals surface area contributed by atoms with Crippen LogP contribution in [0.15, 0.2) is 42.5 Å². The van der Waals surface area contributed by atoms with Crippen LogP contribution in [0.3, 0.4) is 0 Å². The Labute approximate surface area is 315 Å². The number of halogens is 2. The molecular formula is C36H44F2N4Na2O2. The van der Waals surface area contributed by atoms with Crippen molar-refractivity contribution in [2.24, 2.45) is 0 Å². The number of nitrogens with zero attached hydrogens (tertiary/aromatic N) is 2. The summed E-state index contributed by atoms with van der Waals surface area (Å²) in [5, 5.41) is 0. The largest absolute Gasteiger partial charge is 0.374 e. The van der Waals surface area contributed by atoms with Crippen LogP contribution in [0, 0.1) is 0 Å². The molecule has 0 amide bonds. The third kappa shape index (κ3) is 11.2. The molecule has 2 radical (unpaired) electrons. The van der Waals surface area contributed by atoms with Gasteiger partial charge in [0.1, 0.15) is 0 Å². The molecular weight excluding hydrogens is 604 g/mol. The average molecular weight is 649 g/mol. The monoisotopic (exact) mass is 648 g/mol. The molecule has 0 saturated carbocycles. The predicted octanol–water partition coefficient (Wildman–Crippen LogP) is 8.81. The Morgan fingerprint density at radius 3 is 1.87 bits per heavy atom. The maximum atomic E-state index is 12.4. The Hall–Kier alpha value is -1.62. The third-order valence-corrected chi connectivity index (χ3v) is 8.02. The number of unbranched alkanes of at least 4 members (excludes halogenated alkanes) is 6. The van der Waals surface area contributed by atoms with Crippen molar-refractivity contribution in [1.29, 1.82) is 0 Å². The minimum absolute atomic E-state index is 0. The van der Waals surface area contributed by atoms with Crippen LogP contribution < -0.4 is 0 Å². The van der Waals surface area contributed by atoms with Gasteiger partial charge >= 0.3 is 0 Å². The molecule has 2 atom stereocenters. The van der Waals surface area contributed by atoms with Crippen LogP contribution in [0.2, 0.25) is 0 Å². The SMILES string of the molecule is CC(OCCCCCCF)C1=Cc2cc3[nH]c(cc4nc(cc5ccc(cc1n2)[nH]5)C=C4)cc3C(C)OCCCCCCF.[Na].[Na]. The van der Waals surface area contributed by atoms with Gasteiger partial charge in [0.05, 0.1) is 48.3 Å². The van der Waals surface area contributed by atoms with Crippen molar-refractivity contribution in [3.05, 3.63) is 70.8 Å². The Balaban J connectivity index is 0.00000288. The molecule has 0 aliphatic carbocycles. The topological polar surface area (TPSA) is 75.8 Å². The van der Waals surface area contributed by atoms with Gasteiger partial charge in [-0.3, -0.25) is 8.78 Å². The maximum Gasteiger partial charge on any atom is 0.0894 e. The van der Waals surface area contributed by atoms with Crippen molar-refractivity contribution in [3.63, 3.8) is 0 Å². The molecule has 46 heavy (non-hydrogen) atoms. The molecule has 236 valence electrons. The van der Waals surface area contributed by atoms with Crippen LogP contribution in [0.1, 0.15) is 99.7 Å². The van der Waals surface area contributed by atoms with E-state index >= 15 is 0 Å². The standard InChI is InChI=1S/C36H44F2N4O2.2Na/c1-25(43-17-9-5-3-7-15-37)33-21-31-20-29-12-11-27(39-29)19-28-13-14-30(40-28)23-35-34(22-32(42-35)24-36(33)41-31)26(2)44-18-10-6-4-8-16-38;;/h11-14,19-26,40-41H,3-10,15-18H2,1-2H3;;. The molecule has 3 aromatic heterocycles. The Morgan fingerprint density at radius 1 is 0.630 bits per heavy atom. The first-order valence-corrected chi connectivity index (χ1v) is 16.0. The number of aromatic nitrogens is 4. The van der Waals surface area contributed by atoms with E-state index in [0.717, 1.165) is 94.5 Å². The van der Waals surface area contributed by atoms with E-state index in [1.807, 2.05) is 36.4 Å². The molecule has 0 spiro atoms. The first kappa shape index (κ1) is 38.8. The van der Waals surface area contributed by atoms with Gasteiger partial charge in [-0.05, 0) is 100 Å². The maximum absolute atomic E-state index is 12.4. The van der Waals surface area contributed by atoms with Crippen LogP contribution in [-0.2, 0) is 9.47 Å². The number of alkyl halides is 2. The zero-order valence-corrected chi connectivity index (χ0v) is 31.9. The summed E-state index contributed by atoms with van der Waals surface area (Å²) in [5.74, 6) is 0. The summed E-state index contributed by atoms with van der Waals surface area (Å²) >= 11 is 0. The second kappa shape index (κ2) is 20.0. The van der Waals surface area contributed by atoms with Crippen molar-refractivity contribution in [3.8, 4) is 0 Å². The molecule has 3 aromatic rings. The van der Waals surface area contributed by atoms with Crippen LogP contribution in [0.25, 0.3) is 45.9 Å². The van der Waals surface area contributed by atoms with E-state index in [2.05, 4.69) is 48.1 Å². The van der Waals surface area contributed by atoms with E-state index in [1.54, 1.807) is 0 Å². The molecule has 8 bridgehead atoms. The van der Waals surface area contributed by atoms with Gasteiger partial charge in [-0.1, -0.05) is 25.7 Å². The fourth-order valence-electron chi connectivity index (χ4n) is 5.59. The molecule has 0 saturated heterocycles. The number of ether oxygens (including phenoxy) is 2. The normalized spacial score (nSPS) is 13.5. The van der Waals surface area contributed by atoms with E-state index in [4.69, 9.17) is 19.4 Å². The Kier molecular flexibility index (Phi) is 16.9. The van der Waals surface area contributed by atoms with Gasteiger partial charge in [-0.2, -0.15) is 0 Å². The summed E-state index contributed by atoms with van der Waals surface area (Å²) < 4.78 is 37.4. The molecule has 6 nitrogen and oxygen atoms in total. The fraction of sp³-hybridized carbons (Fsp3) is 0.444. The van der Waals surface area contributed by atoms with Gasteiger partial charge in [0, 0.05) is 106 Å². The molecule has 0 fully saturated rings. The smallest absolute Gasteiger partial charge is 0.0894 e. The summed E-state index contributed by atoms with van der Waals surface area (Å²) in [6.45, 7) is 4.86. The molecule has 0 aromatic carbocycles. The molecule has 2 N–H and O–H groups in total. The molecule has 2 aliphatic rings. The zero-order chi connectivity index (χ0) is 30.7. The zero-order valence-electron chi connectivity index (χ0n) is 27.9. The third-order valence-electron chi connectivity index (χ3n) is 8.02. The van der Waals surface area contributed by atoms with Gasteiger partial charge < -0.3 is 19.4 Å². The number of nitrogens with one attached hydrogen (secondary N) is 2. The van der Waals surface area contributed by atoms with Gasteiger partial charge in [0.25, 0.3) is 0 Å². The molecule has 5 rings (SSSR count). The van der Waals surface area contributed by atoms with Crippen LogP contribution >= 0.6 is 0 Å². The van der Waals surface area contributed by atoms with Crippen LogP contribution in [0.4, 0.5) is 8.78 Å². The number of H-pyrrole nitrogens is 2. The molecule has 2 aliphatic heterocycles. The second-order valence-electron chi connectivity index (χ2n) is 11.6. The number of hydrogen-bond donors (Lipinski definition) is 2. The van der Waals surface area contributed by atoms with Crippen LogP contribution in [0.5, 0.6) is 0 Å². The fourth-order valence-corrected chi connectivity index (χ4v) is 5.59. The first-order valence-electron chi connectivity index (χ1n) is 16.0. The number of fused-ring (bicyclic) bond motifs is 8. The minimum atomic E-state index is -0.258. The first-order chi connectivity index (χ1) is 21.5.